The summed E-state index contributed by atoms with van der Waals surface area (Å²) in [5, 5.41) is 0.0277. The number of anilines is 1. The highest BCUT2D eigenvalue weighted by Gasteiger charge is 2.18. The van der Waals surface area contributed by atoms with Gasteiger partial charge < -0.3 is 9.88 Å². The van der Waals surface area contributed by atoms with Crippen molar-refractivity contribution in [3.05, 3.63) is 30.1 Å². The van der Waals surface area contributed by atoms with E-state index >= 15 is 0 Å². The predicted molar refractivity (Wildman–Crippen MR) is 80.8 cm³/mol. The zero-order valence-corrected chi connectivity index (χ0v) is 13.1. The first kappa shape index (κ1) is 14.9. The molecule has 0 aromatic carbocycles. The van der Waals surface area contributed by atoms with Gasteiger partial charge in [-0.1, -0.05) is 0 Å². The van der Waals surface area contributed by atoms with Crippen molar-refractivity contribution in [1.82, 2.24) is 24.7 Å². The summed E-state index contributed by atoms with van der Waals surface area (Å²) in [6.45, 7) is 3.89. The number of aromatic nitrogens is 4. The van der Waals surface area contributed by atoms with Gasteiger partial charge in [0.2, 0.25) is 0 Å². The Kier molecular flexibility index (Phi) is 4.08. The second-order valence-electron chi connectivity index (χ2n) is 5.22. The van der Waals surface area contributed by atoms with Crippen molar-refractivity contribution in [3.8, 4) is 0 Å². The predicted octanol–water partition coefficient (Wildman–Crippen LogP) is 0.587. The van der Waals surface area contributed by atoms with E-state index in [9.17, 15) is 8.42 Å². The maximum Gasteiger partial charge on any atom is 0.258 e. The Morgan fingerprint density at radius 2 is 2.09 bits per heavy atom. The number of rotatable bonds is 5. The van der Waals surface area contributed by atoms with E-state index in [-0.39, 0.29) is 11.6 Å². The van der Waals surface area contributed by atoms with Crippen molar-refractivity contribution in [2.45, 2.75) is 31.3 Å². The van der Waals surface area contributed by atoms with Crippen molar-refractivity contribution in [2.24, 2.45) is 0 Å². The van der Waals surface area contributed by atoms with E-state index in [1.165, 1.54) is 12.5 Å². The smallest absolute Gasteiger partial charge is 0.258 e. The minimum atomic E-state index is -3.62. The quantitative estimate of drug-likeness (QED) is 0.835. The zero-order chi connectivity index (χ0) is 15.6. The van der Waals surface area contributed by atoms with Crippen LogP contribution in [0.3, 0.4) is 0 Å². The molecular weight excluding hydrogens is 304 g/mol. The summed E-state index contributed by atoms with van der Waals surface area (Å²) < 4.78 is 26.6. The van der Waals surface area contributed by atoms with Crippen LogP contribution in [0, 0.1) is 6.92 Å². The molecule has 1 fully saturated rings. The van der Waals surface area contributed by atoms with Crippen LogP contribution in [0.5, 0.6) is 0 Å². The third kappa shape index (κ3) is 3.25. The maximum absolute atomic E-state index is 12.0. The molecule has 22 heavy (non-hydrogen) atoms. The summed E-state index contributed by atoms with van der Waals surface area (Å²) in [6.07, 6.45) is 4.90. The second-order valence-corrected chi connectivity index (χ2v) is 6.95. The Bertz CT molecular complexity index is 738. The summed E-state index contributed by atoms with van der Waals surface area (Å²) in [4.78, 5) is 17.2. The van der Waals surface area contributed by atoms with Gasteiger partial charge in [0.05, 0.1) is 19.1 Å². The summed E-state index contributed by atoms with van der Waals surface area (Å²) in [5.74, 6) is 1.32. The van der Waals surface area contributed by atoms with Gasteiger partial charge >= 0.3 is 0 Å². The number of sulfonamides is 1. The molecule has 3 heterocycles. The van der Waals surface area contributed by atoms with Gasteiger partial charge in [0.25, 0.3) is 10.0 Å². The van der Waals surface area contributed by atoms with Gasteiger partial charge in [-0.05, 0) is 19.8 Å². The van der Waals surface area contributed by atoms with E-state index in [2.05, 4.69) is 29.6 Å². The van der Waals surface area contributed by atoms with E-state index in [1.807, 2.05) is 13.0 Å². The van der Waals surface area contributed by atoms with Gasteiger partial charge in [-0.2, -0.15) is 0 Å². The van der Waals surface area contributed by atoms with Crippen molar-refractivity contribution in [2.75, 3.05) is 18.0 Å². The third-order valence-electron chi connectivity index (χ3n) is 3.50. The Hall–Kier alpha value is -2.00. The lowest BCUT2D eigenvalue weighted by molar-refractivity contribution is 0.576. The standard InChI is InChI=1S/C13H18N6O2S/c1-10-6-12(19-4-2-3-5-19)18-11(17-10)7-16-22(20,21)13-8-14-9-15-13/h6,8-9,16H,2-5,7H2,1H3,(H,14,15). The SMILES string of the molecule is Cc1cc(N2CCCC2)nc(CNS(=O)(=O)c2cnc[nH]2)n1. The Morgan fingerprint density at radius 1 is 1.32 bits per heavy atom. The average Bonchev–Trinajstić information content (AvgIpc) is 3.17. The van der Waals surface area contributed by atoms with Crippen molar-refractivity contribution >= 4 is 15.8 Å². The fourth-order valence-corrected chi connectivity index (χ4v) is 3.31. The van der Waals surface area contributed by atoms with E-state index in [0.717, 1.165) is 37.4 Å². The van der Waals surface area contributed by atoms with Crippen LogP contribution >= 0.6 is 0 Å². The maximum atomic E-state index is 12.0. The number of hydrogen-bond donors (Lipinski definition) is 2. The van der Waals surface area contributed by atoms with Crippen LogP contribution in [0.1, 0.15) is 24.4 Å². The van der Waals surface area contributed by atoms with E-state index < -0.39 is 10.0 Å². The molecule has 2 aromatic rings. The molecule has 0 aliphatic carbocycles. The lowest BCUT2D eigenvalue weighted by Crippen LogP contribution is -2.26. The normalized spacial score (nSPS) is 15.4. The molecule has 0 spiro atoms. The topological polar surface area (TPSA) is 104 Å². The van der Waals surface area contributed by atoms with Gasteiger partial charge in [-0.3, -0.25) is 0 Å². The van der Waals surface area contributed by atoms with Gasteiger partial charge in [0, 0.05) is 24.8 Å². The molecule has 2 aromatic heterocycles. The molecule has 0 unspecified atom stereocenters. The Morgan fingerprint density at radius 3 is 2.77 bits per heavy atom. The van der Waals surface area contributed by atoms with Crippen LogP contribution in [-0.2, 0) is 16.6 Å². The lowest BCUT2D eigenvalue weighted by atomic mass is 10.4. The summed E-state index contributed by atoms with van der Waals surface area (Å²) >= 11 is 0. The fraction of sp³-hybridized carbons (Fsp3) is 0.462. The number of aryl methyl sites for hydroxylation is 1. The zero-order valence-electron chi connectivity index (χ0n) is 12.3. The molecular formula is C13H18N6O2S. The van der Waals surface area contributed by atoms with E-state index in [0.29, 0.717) is 5.82 Å². The molecule has 9 heteroatoms. The molecule has 3 rings (SSSR count). The third-order valence-corrected chi connectivity index (χ3v) is 4.83. The van der Waals surface area contributed by atoms with E-state index in [1.54, 1.807) is 0 Å². The van der Waals surface area contributed by atoms with Crippen molar-refractivity contribution < 1.29 is 8.42 Å². The molecule has 1 aliphatic rings. The minimum Gasteiger partial charge on any atom is -0.357 e. The largest absolute Gasteiger partial charge is 0.357 e. The number of hydrogen-bond acceptors (Lipinski definition) is 6. The van der Waals surface area contributed by atoms with Crippen LogP contribution in [0.4, 0.5) is 5.82 Å². The number of imidazole rings is 1. The molecule has 0 amide bonds. The highest BCUT2D eigenvalue weighted by Crippen LogP contribution is 2.18. The molecule has 0 saturated carbocycles. The molecule has 1 aliphatic heterocycles. The highest BCUT2D eigenvalue weighted by atomic mass is 32.2. The summed E-state index contributed by atoms with van der Waals surface area (Å²) in [6, 6.07) is 1.93. The van der Waals surface area contributed by atoms with Crippen LogP contribution in [0.25, 0.3) is 0 Å². The molecule has 118 valence electrons. The average molecular weight is 322 g/mol. The molecule has 0 radical (unpaired) electrons. The molecule has 0 bridgehead atoms. The summed E-state index contributed by atoms with van der Waals surface area (Å²) in [5.41, 5.74) is 0.827. The van der Waals surface area contributed by atoms with Crippen molar-refractivity contribution in [1.29, 1.82) is 0 Å². The molecule has 8 nitrogen and oxygen atoms in total. The fourth-order valence-electron chi connectivity index (χ4n) is 2.43. The first-order valence-corrected chi connectivity index (χ1v) is 8.60. The number of aromatic amines is 1. The molecule has 1 saturated heterocycles. The van der Waals surface area contributed by atoms with Crippen LogP contribution in [-0.4, -0.2) is 41.4 Å². The van der Waals surface area contributed by atoms with Crippen LogP contribution in [0.2, 0.25) is 0 Å². The number of nitrogens with zero attached hydrogens (tertiary/aromatic N) is 4. The summed E-state index contributed by atoms with van der Waals surface area (Å²) in [7, 11) is -3.62. The van der Waals surface area contributed by atoms with Gasteiger partial charge in [0.1, 0.15) is 11.6 Å². The monoisotopic (exact) mass is 322 g/mol. The van der Waals surface area contributed by atoms with Gasteiger partial charge in [0.15, 0.2) is 5.03 Å². The first-order chi connectivity index (χ1) is 10.5. The van der Waals surface area contributed by atoms with E-state index in [4.69, 9.17) is 0 Å². The van der Waals surface area contributed by atoms with Gasteiger partial charge in [-0.25, -0.2) is 28.1 Å². The van der Waals surface area contributed by atoms with Gasteiger partial charge in [-0.15, -0.1) is 0 Å². The highest BCUT2D eigenvalue weighted by molar-refractivity contribution is 7.89. The Balaban J connectivity index is 1.75. The minimum absolute atomic E-state index is 0.0277. The second kappa shape index (κ2) is 6.01. The first-order valence-electron chi connectivity index (χ1n) is 7.12. The van der Waals surface area contributed by atoms with Crippen LogP contribution in [0.15, 0.2) is 23.6 Å². The molecule has 2 N–H and O–H groups in total. The van der Waals surface area contributed by atoms with Crippen LogP contribution < -0.4 is 9.62 Å². The Labute approximate surface area is 129 Å². The lowest BCUT2D eigenvalue weighted by Gasteiger charge is -2.17. The molecule has 0 atom stereocenters. The number of nitrogens with one attached hydrogen (secondary N) is 2. The van der Waals surface area contributed by atoms with Crippen molar-refractivity contribution in [3.63, 3.8) is 0 Å². The number of H-pyrrole nitrogens is 1.